The van der Waals surface area contributed by atoms with Crippen LogP contribution in [0.5, 0.6) is 0 Å². The molecule has 0 spiro atoms. The standard InChI is InChI=1S/C21H28BrN5/c1-3-23-21(25-15-17-5-7-18(22)8-6-17)26-19-10-12-27(13-11-19)20-9-4-16(2)14-24-20/h4-9,14,19H,3,10-13,15H2,1-2H3,(H2,23,25,26). The molecule has 0 radical (unpaired) electrons. The second kappa shape index (κ2) is 9.74. The number of nitrogens with one attached hydrogen (secondary N) is 2. The Labute approximate surface area is 170 Å². The van der Waals surface area contributed by atoms with Crippen LogP contribution in [0, 0.1) is 6.92 Å². The number of aromatic nitrogens is 1. The number of anilines is 1. The van der Waals surface area contributed by atoms with Crippen LogP contribution in [-0.4, -0.2) is 36.6 Å². The fourth-order valence-corrected chi connectivity index (χ4v) is 3.44. The molecule has 1 aromatic heterocycles. The summed E-state index contributed by atoms with van der Waals surface area (Å²) in [5.74, 6) is 1.97. The van der Waals surface area contributed by atoms with E-state index < -0.39 is 0 Å². The third-order valence-electron chi connectivity index (χ3n) is 4.73. The van der Waals surface area contributed by atoms with Gasteiger partial charge in [0.05, 0.1) is 6.54 Å². The van der Waals surface area contributed by atoms with Crippen molar-refractivity contribution in [2.75, 3.05) is 24.5 Å². The second-order valence-electron chi connectivity index (χ2n) is 6.92. The van der Waals surface area contributed by atoms with Crippen LogP contribution in [0.4, 0.5) is 5.82 Å². The van der Waals surface area contributed by atoms with Crippen LogP contribution in [0.1, 0.15) is 30.9 Å². The lowest BCUT2D eigenvalue weighted by molar-refractivity contribution is 0.459. The van der Waals surface area contributed by atoms with E-state index in [1.54, 1.807) is 0 Å². The van der Waals surface area contributed by atoms with E-state index in [1.165, 1.54) is 11.1 Å². The monoisotopic (exact) mass is 429 g/mol. The smallest absolute Gasteiger partial charge is 0.191 e. The van der Waals surface area contributed by atoms with E-state index in [4.69, 9.17) is 4.99 Å². The number of rotatable bonds is 5. The molecule has 5 nitrogen and oxygen atoms in total. The summed E-state index contributed by atoms with van der Waals surface area (Å²) in [6, 6.07) is 13.0. The van der Waals surface area contributed by atoms with Gasteiger partial charge in [0.2, 0.25) is 0 Å². The third-order valence-corrected chi connectivity index (χ3v) is 5.26. The van der Waals surface area contributed by atoms with Gasteiger partial charge in [-0.3, -0.25) is 0 Å². The van der Waals surface area contributed by atoms with Crippen molar-refractivity contribution >= 4 is 27.7 Å². The molecule has 144 valence electrons. The van der Waals surface area contributed by atoms with Crippen LogP contribution in [0.3, 0.4) is 0 Å². The van der Waals surface area contributed by atoms with E-state index in [9.17, 15) is 0 Å². The third kappa shape index (κ3) is 5.96. The Morgan fingerprint density at radius 3 is 2.56 bits per heavy atom. The fraction of sp³-hybridized carbons (Fsp3) is 0.429. The molecule has 0 amide bonds. The molecule has 0 bridgehead atoms. The topological polar surface area (TPSA) is 52.6 Å². The average Bonchev–Trinajstić information content (AvgIpc) is 2.69. The molecule has 1 aromatic carbocycles. The van der Waals surface area contributed by atoms with Gasteiger partial charge in [-0.15, -0.1) is 0 Å². The summed E-state index contributed by atoms with van der Waals surface area (Å²) in [4.78, 5) is 11.7. The number of halogens is 1. The molecule has 1 aliphatic heterocycles. The van der Waals surface area contributed by atoms with Crippen LogP contribution in [-0.2, 0) is 6.54 Å². The van der Waals surface area contributed by atoms with Crippen molar-refractivity contribution in [3.63, 3.8) is 0 Å². The number of guanidine groups is 1. The first kappa shape index (κ1) is 19.7. The molecule has 0 atom stereocenters. The van der Waals surface area contributed by atoms with Gasteiger partial charge in [-0.25, -0.2) is 9.98 Å². The maximum Gasteiger partial charge on any atom is 0.191 e. The Bertz CT molecular complexity index is 734. The number of benzene rings is 1. The number of nitrogens with zero attached hydrogens (tertiary/aromatic N) is 3. The van der Waals surface area contributed by atoms with Gasteiger partial charge in [0.25, 0.3) is 0 Å². The van der Waals surface area contributed by atoms with Gasteiger partial charge in [0, 0.05) is 36.3 Å². The van der Waals surface area contributed by atoms with Gasteiger partial charge in [0.1, 0.15) is 5.82 Å². The van der Waals surface area contributed by atoms with E-state index in [2.05, 4.69) is 86.7 Å². The van der Waals surface area contributed by atoms with Crippen molar-refractivity contribution < 1.29 is 0 Å². The maximum absolute atomic E-state index is 4.75. The minimum absolute atomic E-state index is 0.439. The van der Waals surface area contributed by atoms with Crippen LogP contribution < -0.4 is 15.5 Å². The van der Waals surface area contributed by atoms with Crippen LogP contribution >= 0.6 is 15.9 Å². The van der Waals surface area contributed by atoms with E-state index >= 15 is 0 Å². The molecule has 0 unspecified atom stereocenters. The number of aliphatic imine (C=N–C) groups is 1. The predicted octanol–water partition coefficient (Wildman–Crippen LogP) is 3.88. The molecule has 3 rings (SSSR count). The average molecular weight is 430 g/mol. The Hall–Kier alpha value is -2.08. The molecule has 2 heterocycles. The number of piperidine rings is 1. The maximum atomic E-state index is 4.75. The van der Waals surface area contributed by atoms with Gasteiger partial charge in [-0.2, -0.15) is 0 Å². The molecular weight excluding hydrogens is 402 g/mol. The van der Waals surface area contributed by atoms with Crippen molar-refractivity contribution in [2.45, 2.75) is 39.3 Å². The molecule has 0 aliphatic carbocycles. The van der Waals surface area contributed by atoms with Crippen molar-refractivity contribution in [3.05, 3.63) is 58.2 Å². The molecule has 27 heavy (non-hydrogen) atoms. The lowest BCUT2D eigenvalue weighted by Crippen LogP contribution is -2.48. The minimum Gasteiger partial charge on any atom is -0.357 e. The van der Waals surface area contributed by atoms with E-state index in [0.29, 0.717) is 12.6 Å². The molecule has 0 saturated carbocycles. The van der Waals surface area contributed by atoms with Gasteiger partial charge in [-0.05, 0) is 56.0 Å². The summed E-state index contributed by atoms with van der Waals surface area (Å²) < 4.78 is 1.09. The SMILES string of the molecule is CCNC(=NCc1ccc(Br)cc1)NC1CCN(c2ccc(C)cn2)CC1. The second-order valence-corrected chi connectivity index (χ2v) is 7.84. The summed E-state index contributed by atoms with van der Waals surface area (Å²) in [6.45, 7) is 7.73. The Kier molecular flexibility index (Phi) is 7.10. The van der Waals surface area contributed by atoms with Gasteiger partial charge >= 0.3 is 0 Å². The normalized spacial score (nSPS) is 15.7. The predicted molar refractivity (Wildman–Crippen MR) is 116 cm³/mol. The van der Waals surface area contributed by atoms with Crippen LogP contribution in [0.15, 0.2) is 52.1 Å². The van der Waals surface area contributed by atoms with Crippen molar-refractivity contribution in [2.24, 2.45) is 4.99 Å². The van der Waals surface area contributed by atoms with Crippen LogP contribution in [0.25, 0.3) is 0 Å². The minimum atomic E-state index is 0.439. The molecule has 1 fully saturated rings. The Morgan fingerprint density at radius 1 is 1.19 bits per heavy atom. The lowest BCUT2D eigenvalue weighted by atomic mass is 10.1. The molecule has 1 aliphatic rings. The zero-order valence-corrected chi connectivity index (χ0v) is 17.7. The molecule has 1 saturated heterocycles. The highest BCUT2D eigenvalue weighted by molar-refractivity contribution is 9.10. The highest BCUT2D eigenvalue weighted by Crippen LogP contribution is 2.18. The molecular formula is C21H28BrN5. The first-order valence-electron chi connectivity index (χ1n) is 9.61. The number of aryl methyl sites for hydroxylation is 1. The first-order chi connectivity index (χ1) is 13.1. The molecule has 6 heteroatoms. The summed E-state index contributed by atoms with van der Waals surface area (Å²) in [6.07, 6.45) is 4.11. The van der Waals surface area contributed by atoms with Gasteiger partial charge < -0.3 is 15.5 Å². The summed E-state index contributed by atoms with van der Waals surface area (Å²) in [5.41, 5.74) is 2.41. The Morgan fingerprint density at radius 2 is 1.93 bits per heavy atom. The molecule has 2 N–H and O–H groups in total. The van der Waals surface area contributed by atoms with E-state index in [1.807, 2.05) is 6.20 Å². The first-order valence-corrected chi connectivity index (χ1v) is 10.4. The summed E-state index contributed by atoms with van der Waals surface area (Å²) in [5, 5.41) is 6.97. The van der Waals surface area contributed by atoms with Gasteiger partial charge in [-0.1, -0.05) is 34.1 Å². The zero-order valence-electron chi connectivity index (χ0n) is 16.1. The largest absolute Gasteiger partial charge is 0.357 e. The summed E-state index contributed by atoms with van der Waals surface area (Å²) >= 11 is 3.47. The fourth-order valence-electron chi connectivity index (χ4n) is 3.17. The van der Waals surface area contributed by atoms with Crippen molar-refractivity contribution in [3.8, 4) is 0 Å². The Balaban J connectivity index is 1.53. The van der Waals surface area contributed by atoms with Crippen molar-refractivity contribution in [1.29, 1.82) is 0 Å². The highest BCUT2D eigenvalue weighted by Gasteiger charge is 2.20. The van der Waals surface area contributed by atoms with Crippen molar-refractivity contribution in [1.82, 2.24) is 15.6 Å². The van der Waals surface area contributed by atoms with Gasteiger partial charge in [0.15, 0.2) is 5.96 Å². The summed E-state index contributed by atoms with van der Waals surface area (Å²) in [7, 11) is 0. The number of pyridine rings is 1. The highest BCUT2D eigenvalue weighted by atomic mass is 79.9. The van der Waals surface area contributed by atoms with Crippen LogP contribution in [0.2, 0.25) is 0 Å². The van der Waals surface area contributed by atoms with E-state index in [-0.39, 0.29) is 0 Å². The lowest BCUT2D eigenvalue weighted by Gasteiger charge is -2.33. The number of hydrogen-bond donors (Lipinski definition) is 2. The number of hydrogen-bond acceptors (Lipinski definition) is 3. The quantitative estimate of drug-likeness (QED) is 0.559. The zero-order chi connectivity index (χ0) is 19.1. The molecule has 2 aromatic rings. The van der Waals surface area contributed by atoms with E-state index in [0.717, 1.165) is 48.7 Å².